The Bertz CT molecular complexity index is 807. The van der Waals surface area contributed by atoms with Crippen molar-refractivity contribution in [1.29, 1.82) is 0 Å². The number of nitrogens with one attached hydrogen (secondary N) is 1. The van der Waals surface area contributed by atoms with Gasteiger partial charge in [-0.3, -0.25) is 0 Å². The number of rotatable bonds is 5. The lowest BCUT2D eigenvalue weighted by molar-refractivity contribution is 0.0697. The molecule has 5 heteroatoms. The van der Waals surface area contributed by atoms with Crippen LogP contribution in [0.2, 0.25) is 0 Å². The molecule has 0 radical (unpaired) electrons. The quantitative estimate of drug-likeness (QED) is 0.733. The van der Waals surface area contributed by atoms with Gasteiger partial charge in [0.25, 0.3) is 0 Å². The van der Waals surface area contributed by atoms with Gasteiger partial charge in [0.05, 0.1) is 12.1 Å². The summed E-state index contributed by atoms with van der Waals surface area (Å²) >= 11 is 0. The molecule has 0 bridgehead atoms. The van der Waals surface area contributed by atoms with Crippen LogP contribution in [0.1, 0.15) is 16.1 Å². The molecule has 0 aliphatic rings. The minimum Gasteiger partial charge on any atom is -0.478 e. The summed E-state index contributed by atoms with van der Waals surface area (Å²) in [5, 5.41) is 12.0. The van der Waals surface area contributed by atoms with Crippen LogP contribution >= 0.6 is 0 Å². The molecule has 0 atom stereocenters. The van der Waals surface area contributed by atoms with Gasteiger partial charge in [0.15, 0.2) is 0 Å². The number of hydrogen-bond donors (Lipinski definition) is 2. The van der Waals surface area contributed by atoms with Crippen LogP contribution in [0.25, 0.3) is 11.3 Å². The van der Waals surface area contributed by atoms with E-state index in [-0.39, 0.29) is 11.4 Å². The number of carbonyl (C=O) groups is 1. The molecule has 0 aliphatic heterocycles. The maximum absolute atomic E-state index is 12.9. The molecule has 0 aliphatic carbocycles. The number of anilines is 1. The Hall–Kier alpha value is -3.08. The molecule has 0 saturated heterocycles. The van der Waals surface area contributed by atoms with E-state index in [1.807, 2.05) is 12.1 Å². The average Bonchev–Trinajstić information content (AvgIpc) is 3.03. The van der Waals surface area contributed by atoms with E-state index in [1.165, 1.54) is 24.3 Å². The van der Waals surface area contributed by atoms with Crippen LogP contribution in [-0.2, 0) is 6.54 Å². The van der Waals surface area contributed by atoms with E-state index in [1.54, 1.807) is 24.3 Å². The Morgan fingerprint density at radius 2 is 1.70 bits per heavy atom. The zero-order valence-electron chi connectivity index (χ0n) is 12.1. The molecule has 3 rings (SSSR count). The van der Waals surface area contributed by atoms with E-state index in [4.69, 9.17) is 9.52 Å². The molecular weight excluding hydrogens is 297 g/mol. The number of furan rings is 1. The molecule has 2 N–H and O–H groups in total. The van der Waals surface area contributed by atoms with Gasteiger partial charge >= 0.3 is 5.97 Å². The van der Waals surface area contributed by atoms with Crippen LogP contribution < -0.4 is 5.32 Å². The highest BCUT2D eigenvalue weighted by atomic mass is 19.1. The highest BCUT2D eigenvalue weighted by Crippen LogP contribution is 2.23. The molecule has 116 valence electrons. The van der Waals surface area contributed by atoms with Crippen LogP contribution in [-0.4, -0.2) is 11.1 Å². The Balaban J connectivity index is 1.65. The number of benzene rings is 2. The fraction of sp³-hybridized carbons (Fsp3) is 0.0556. The second-order valence-corrected chi connectivity index (χ2v) is 5.01. The van der Waals surface area contributed by atoms with Gasteiger partial charge in [-0.05, 0) is 60.7 Å². The van der Waals surface area contributed by atoms with Crippen molar-refractivity contribution in [2.75, 3.05) is 5.32 Å². The molecule has 4 nitrogen and oxygen atoms in total. The molecule has 3 aromatic rings. The predicted molar refractivity (Wildman–Crippen MR) is 84.8 cm³/mol. The molecule has 2 aromatic carbocycles. The van der Waals surface area contributed by atoms with Crippen molar-refractivity contribution in [3.63, 3.8) is 0 Å². The van der Waals surface area contributed by atoms with Crippen molar-refractivity contribution >= 4 is 11.7 Å². The molecule has 1 aromatic heterocycles. The zero-order chi connectivity index (χ0) is 16.2. The van der Waals surface area contributed by atoms with Crippen LogP contribution in [0.4, 0.5) is 10.1 Å². The monoisotopic (exact) mass is 311 g/mol. The summed E-state index contributed by atoms with van der Waals surface area (Å²) in [6.45, 7) is 0.466. The van der Waals surface area contributed by atoms with Gasteiger partial charge in [-0.2, -0.15) is 0 Å². The molecule has 1 heterocycles. The third-order valence-corrected chi connectivity index (χ3v) is 3.39. The van der Waals surface area contributed by atoms with Crippen LogP contribution in [0.15, 0.2) is 65.1 Å². The van der Waals surface area contributed by atoms with Gasteiger partial charge < -0.3 is 14.8 Å². The summed E-state index contributed by atoms with van der Waals surface area (Å²) in [5.74, 6) is 0.160. The van der Waals surface area contributed by atoms with Crippen LogP contribution in [0.5, 0.6) is 0 Å². The minimum absolute atomic E-state index is 0.243. The topological polar surface area (TPSA) is 62.5 Å². The molecule has 23 heavy (non-hydrogen) atoms. The summed E-state index contributed by atoms with van der Waals surface area (Å²) in [5.41, 5.74) is 1.85. The maximum atomic E-state index is 12.9. The largest absolute Gasteiger partial charge is 0.478 e. The van der Waals surface area contributed by atoms with Crippen molar-refractivity contribution in [3.05, 3.63) is 77.8 Å². The minimum atomic E-state index is -0.952. The Morgan fingerprint density at radius 3 is 2.35 bits per heavy atom. The molecular formula is C18H14FNO3. The van der Waals surface area contributed by atoms with Gasteiger partial charge in [-0.25, -0.2) is 9.18 Å². The van der Waals surface area contributed by atoms with Gasteiger partial charge in [-0.1, -0.05) is 0 Å². The van der Waals surface area contributed by atoms with Crippen molar-refractivity contribution in [2.24, 2.45) is 0 Å². The van der Waals surface area contributed by atoms with E-state index in [9.17, 15) is 9.18 Å². The van der Waals surface area contributed by atoms with E-state index in [0.717, 1.165) is 17.0 Å². The Labute approximate surface area is 132 Å². The van der Waals surface area contributed by atoms with Gasteiger partial charge in [0.1, 0.15) is 17.3 Å². The van der Waals surface area contributed by atoms with E-state index in [0.29, 0.717) is 12.3 Å². The lowest BCUT2D eigenvalue weighted by Crippen LogP contribution is -2.00. The predicted octanol–water partition coefficient (Wildman–Crippen LogP) is 4.40. The summed E-state index contributed by atoms with van der Waals surface area (Å²) < 4.78 is 18.6. The van der Waals surface area contributed by atoms with Crippen molar-refractivity contribution in [2.45, 2.75) is 6.54 Å². The molecule has 0 unspecified atom stereocenters. The van der Waals surface area contributed by atoms with Crippen LogP contribution in [0, 0.1) is 5.82 Å². The van der Waals surface area contributed by atoms with E-state index >= 15 is 0 Å². The third kappa shape index (κ3) is 3.58. The number of aromatic carboxylic acids is 1. The summed E-state index contributed by atoms with van der Waals surface area (Å²) in [7, 11) is 0. The Morgan fingerprint density at radius 1 is 1.00 bits per heavy atom. The SMILES string of the molecule is O=C(O)c1ccc(NCc2ccc(-c3ccc(F)cc3)o2)cc1. The van der Waals surface area contributed by atoms with E-state index < -0.39 is 5.97 Å². The first-order valence-corrected chi connectivity index (χ1v) is 7.04. The molecule has 0 spiro atoms. The maximum Gasteiger partial charge on any atom is 0.335 e. The van der Waals surface area contributed by atoms with Gasteiger partial charge in [0.2, 0.25) is 0 Å². The van der Waals surface area contributed by atoms with Crippen molar-refractivity contribution in [3.8, 4) is 11.3 Å². The second-order valence-electron chi connectivity index (χ2n) is 5.01. The smallest absolute Gasteiger partial charge is 0.335 e. The first-order chi connectivity index (χ1) is 11.1. The fourth-order valence-corrected chi connectivity index (χ4v) is 2.16. The number of hydrogen-bond acceptors (Lipinski definition) is 3. The average molecular weight is 311 g/mol. The highest BCUT2D eigenvalue weighted by Gasteiger charge is 2.06. The van der Waals surface area contributed by atoms with Gasteiger partial charge in [-0.15, -0.1) is 0 Å². The van der Waals surface area contributed by atoms with Crippen molar-refractivity contribution < 1.29 is 18.7 Å². The fourth-order valence-electron chi connectivity index (χ4n) is 2.16. The number of carboxylic acids is 1. The summed E-state index contributed by atoms with van der Waals surface area (Å²) in [6.07, 6.45) is 0. The summed E-state index contributed by atoms with van der Waals surface area (Å²) in [4.78, 5) is 10.8. The summed E-state index contributed by atoms with van der Waals surface area (Å²) in [6, 6.07) is 16.3. The highest BCUT2D eigenvalue weighted by molar-refractivity contribution is 5.87. The number of carboxylic acid groups (broad SMARTS) is 1. The lowest BCUT2D eigenvalue weighted by Gasteiger charge is -2.04. The Kier molecular flexibility index (Phi) is 4.10. The normalized spacial score (nSPS) is 10.5. The first kappa shape index (κ1) is 14.8. The van der Waals surface area contributed by atoms with Gasteiger partial charge in [0, 0.05) is 11.3 Å². The first-order valence-electron chi connectivity index (χ1n) is 7.04. The second kappa shape index (κ2) is 6.36. The van der Waals surface area contributed by atoms with Crippen molar-refractivity contribution in [1.82, 2.24) is 0 Å². The molecule has 0 amide bonds. The lowest BCUT2D eigenvalue weighted by atomic mass is 10.2. The zero-order valence-corrected chi connectivity index (χ0v) is 12.1. The standard InChI is InChI=1S/C18H14FNO3/c19-14-5-1-12(2-6-14)17-10-9-16(23-17)11-20-15-7-3-13(4-8-15)18(21)22/h1-10,20H,11H2,(H,21,22). The molecule has 0 fully saturated rings. The number of halogens is 1. The van der Waals surface area contributed by atoms with Crippen LogP contribution in [0.3, 0.4) is 0 Å². The molecule has 0 saturated carbocycles. The third-order valence-electron chi connectivity index (χ3n) is 3.39. The van der Waals surface area contributed by atoms with E-state index in [2.05, 4.69) is 5.32 Å².